The zero-order valence-electron chi connectivity index (χ0n) is 12.5. The molecule has 0 aliphatic heterocycles. The Morgan fingerprint density at radius 2 is 1.95 bits per heavy atom. The van der Waals surface area contributed by atoms with E-state index in [4.69, 9.17) is 4.74 Å². The fourth-order valence-electron chi connectivity index (χ4n) is 1.79. The fraction of sp³-hybridized carbons (Fsp3) is 0.333. The summed E-state index contributed by atoms with van der Waals surface area (Å²) < 4.78 is 5.70. The molecule has 21 heavy (non-hydrogen) atoms. The number of carbonyl (C=O) groups excluding carboxylic acids is 2. The van der Waals surface area contributed by atoms with Gasteiger partial charge in [0.1, 0.15) is 5.69 Å². The molecule has 0 radical (unpaired) electrons. The standard InChI is InChI=1S/C13H13BrN2O3.C2H6/c1-3-19-13(18)11-5-8-4-9(15-7(2)17)6-10(14)12(8)16-11;1-2/h4-6,16H,3H2,1-2H3,(H,15,17);1-2H3. The number of halogens is 1. The van der Waals surface area contributed by atoms with Crippen LogP contribution in [-0.2, 0) is 9.53 Å². The summed E-state index contributed by atoms with van der Waals surface area (Å²) in [5.74, 6) is -0.543. The molecule has 0 unspecified atom stereocenters. The summed E-state index contributed by atoms with van der Waals surface area (Å²) in [5.41, 5.74) is 1.84. The molecule has 0 bridgehead atoms. The van der Waals surface area contributed by atoms with Crippen LogP contribution in [0.4, 0.5) is 5.69 Å². The maximum atomic E-state index is 11.6. The lowest BCUT2D eigenvalue weighted by Crippen LogP contribution is -2.05. The van der Waals surface area contributed by atoms with Gasteiger partial charge in [0.05, 0.1) is 12.1 Å². The van der Waals surface area contributed by atoms with Gasteiger partial charge in [-0.3, -0.25) is 4.79 Å². The minimum atomic E-state index is -0.397. The molecule has 5 nitrogen and oxygen atoms in total. The molecular formula is C15H19BrN2O3. The van der Waals surface area contributed by atoms with Gasteiger partial charge in [0.2, 0.25) is 5.91 Å². The summed E-state index contributed by atoms with van der Waals surface area (Å²) in [6.45, 7) is 7.52. The number of amides is 1. The third kappa shape index (κ3) is 4.32. The summed E-state index contributed by atoms with van der Waals surface area (Å²) in [5, 5.41) is 3.52. The van der Waals surface area contributed by atoms with E-state index in [-0.39, 0.29) is 5.91 Å². The van der Waals surface area contributed by atoms with Crippen molar-refractivity contribution in [3.8, 4) is 0 Å². The van der Waals surface area contributed by atoms with E-state index in [1.54, 1.807) is 25.1 Å². The van der Waals surface area contributed by atoms with E-state index in [9.17, 15) is 9.59 Å². The van der Waals surface area contributed by atoms with E-state index >= 15 is 0 Å². The number of benzene rings is 1. The van der Waals surface area contributed by atoms with Crippen molar-refractivity contribution in [2.75, 3.05) is 11.9 Å². The second-order valence-corrected chi connectivity index (χ2v) is 4.86. The van der Waals surface area contributed by atoms with E-state index < -0.39 is 5.97 Å². The number of carbonyl (C=O) groups is 2. The smallest absolute Gasteiger partial charge is 0.354 e. The van der Waals surface area contributed by atoms with Gasteiger partial charge in [-0.15, -0.1) is 0 Å². The predicted octanol–water partition coefficient (Wildman–Crippen LogP) is 4.09. The molecular weight excluding hydrogens is 336 g/mol. The lowest BCUT2D eigenvalue weighted by molar-refractivity contribution is -0.114. The molecule has 6 heteroatoms. The van der Waals surface area contributed by atoms with Crippen LogP contribution in [0.25, 0.3) is 10.9 Å². The normalized spacial score (nSPS) is 9.76. The van der Waals surface area contributed by atoms with E-state index in [0.717, 1.165) is 15.4 Å². The van der Waals surface area contributed by atoms with Gasteiger partial charge in [0.15, 0.2) is 0 Å². The molecule has 0 aliphatic rings. The number of fused-ring (bicyclic) bond motifs is 1. The number of rotatable bonds is 3. The zero-order valence-corrected chi connectivity index (χ0v) is 14.1. The second-order valence-electron chi connectivity index (χ2n) is 4.01. The molecule has 1 aromatic heterocycles. The molecule has 0 atom stereocenters. The van der Waals surface area contributed by atoms with E-state index in [1.165, 1.54) is 6.92 Å². The van der Waals surface area contributed by atoms with Crippen molar-refractivity contribution < 1.29 is 14.3 Å². The van der Waals surface area contributed by atoms with E-state index in [2.05, 4.69) is 26.2 Å². The molecule has 1 heterocycles. The molecule has 0 saturated heterocycles. The number of H-pyrrole nitrogens is 1. The quantitative estimate of drug-likeness (QED) is 0.815. The molecule has 2 rings (SSSR count). The summed E-state index contributed by atoms with van der Waals surface area (Å²) in [4.78, 5) is 25.7. The third-order valence-electron chi connectivity index (χ3n) is 2.50. The first-order valence-corrected chi connectivity index (χ1v) is 7.57. The van der Waals surface area contributed by atoms with Crippen molar-refractivity contribution in [3.63, 3.8) is 0 Å². The Kier molecular flexibility index (Phi) is 6.42. The molecule has 0 spiro atoms. The third-order valence-corrected chi connectivity index (χ3v) is 3.12. The summed E-state index contributed by atoms with van der Waals surface area (Å²) >= 11 is 3.40. The lowest BCUT2D eigenvalue weighted by Gasteiger charge is -2.03. The number of aromatic nitrogens is 1. The van der Waals surface area contributed by atoms with Crippen molar-refractivity contribution >= 4 is 44.4 Å². The summed E-state index contributed by atoms with van der Waals surface area (Å²) in [6.07, 6.45) is 0. The average Bonchev–Trinajstić information content (AvgIpc) is 2.85. The largest absolute Gasteiger partial charge is 0.461 e. The van der Waals surface area contributed by atoms with Crippen molar-refractivity contribution in [2.24, 2.45) is 0 Å². The molecule has 2 aromatic rings. The van der Waals surface area contributed by atoms with Crippen LogP contribution in [0.15, 0.2) is 22.7 Å². The van der Waals surface area contributed by atoms with Crippen molar-refractivity contribution in [1.29, 1.82) is 0 Å². The number of aromatic amines is 1. The minimum absolute atomic E-state index is 0.146. The molecule has 2 N–H and O–H groups in total. The summed E-state index contributed by atoms with van der Waals surface area (Å²) in [6, 6.07) is 5.26. The van der Waals surface area contributed by atoms with Crippen LogP contribution in [0.1, 0.15) is 38.2 Å². The lowest BCUT2D eigenvalue weighted by atomic mass is 10.2. The fourth-order valence-corrected chi connectivity index (χ4v) is 2.37. The van der Waals surface area contributed by atoms with Crippen LogP contribution in [-0.4, -0.2) is 23.5 Å². The molecule has 114 valence electrons. The topological polar surface area (TPSA) is 71.2 Å². The number of anilines is 1. The van der Waals surface area contributed by atoms with Crippen LogP contribution >= 0.6 is 15.9 Å². The van der Waals surface area contributed by atoms with Crippen LogP contribution in [0.5, 0.6) is 0 Å². The van der Waals surface area contributed by atoms with Gasteiger partial charge in [-0.2, -0.15) is 0 Å². The Hall–Kier alpha value is -1.82. The van der Waals surface area contributed by atoms with E-state index in [0.29, 0.717) is 18.0 Å². The monoisotopic (exact) mass is 354 g/mol. The first-order chi connectivity index (χ1) is 10.0. The molecule has 0 saturated carbocycles. The van der Waals surface area contributed by atoms with Gasteiger partial charge in [0, 0.05) is 22.5 Å². The molecule has 1 amide bonds. The Labute approximate surface area is 132 Å². The Morgan fingerprint density at radius 3 is 2.52 bits per heavy atom. The first-order valence-electron chi connectivity index (χ1n) is 6.78. The van der Waals surface area contributed by atoms with Gasteiger partial charge in [-0.1, -0.05) is 13.8 Å². The Morgan fingerprint density at radius 1 is 1.29 bits per heavy atom. The average molecular weight is 355 g/mol. The van der Waals surface area contributed by atoms with Gasteiger partial charge in [0.25, 0.3) is 0 Å². The highest BCUT2D eigenvalue weighted by Crippen LogP contribution is 2.28. The van der Waals surface area contributed by atoms with Gasteiger partial charge < -0.3 is 15.0 Å². The van der Waals surface area contributed by atoms with Crippen LogP contribution < -0.4 is 5.32 Å². The number of ether oxygens (including phenoxy) is 1. The molecule has 1 aromatic carbocycles. The maximum absolute atomic E-state index is 11.6. The second kappa shape index (κ2) is 7.83. The Bertz CT molecular complexity index is 650. The van der Waals surface area contributed by atoms with Gasteiger partial charge in [-0.25, -0.2) is 4.79 Å². The Balaban J connectivity index is 0.00000106. The van der Waals surface area contributed by atoms with Gasteiger partial charge in [-0.05, 0) is 41.1 Å². The first kappa shape index (κ1) is 17.2. The van der Waals surface area contributed by atoms with Crippen molar-refractivity contribution in [3.05, 3.63) is 28.4 Å². The minimum Gasteiger partial charge on any atom is -0.461 e. The van der Waals surface area contributed by atoms with Crippen LogP contribution in [0, 0.1) is 0 Å². The van der Waals surface area contributed by atoms with E-state index in [1.807, 2.05) is 13.8 Å². The van der Waals surface area contributed by atoms with Crippen LogP contribution in [0.2, 0.25) is 0 Å². The zero-order chi connectivity index (χ0) is 16.0. The van der Waals surface area contributed by atoms with Crippen molar-refractivity contribution in [1.82, 2.24) is 4.98 Å². The van der Waals surface area contributed by atoms with Gasteiger partial charge >= 0.3 is 5.97 Å². The number of esters is 1. The summed E-state index contributed by atoms with van der Waals surface area (Å²) in [7, 11) is 0. The van der Waals surface area contributed by atoms with Crippen LogP contribution in [0.3, 0.4) is 0 Å². The highest BCUT2D eigenvalue weighted by atomic mass is 79.9. The highest BCUT2D eigenvalue weighted by Gasteiger charge is 2.13. The number of hydrogen-bond donors (Lipinski definition) is 2. The molecule has 0 fully saturated rings. The predicted molar refractivity (Wildman–Crippen MR) is 87.6 cm³/mol. The maximum Gasteiger partial charge on any atom is 0.354 e. The highest BCUT2D eigenvalue weighted by molar-refractivity contribution is 9.10. The molecule has 0 aliphatic carbocycles. The number of nitrogens with one attached hydrogen (secondary N) is 2. The number of hydrogen-bond acceptors (Lipinski definition) is 3. The van der Waals surface area contributed by atoms with Crippen molar-refractivity contribution in [2.45, 2.75) is 27.7 Å². The SMILES string of the molecule is CC.CCOC(=O)c1cc2cc(NC(C)=O)cc(Br)c2[nH]1.